The highest BCUT2D eigenvalue weighted by Crippen LogP contribution is 2.40. The third-order valence-electron chi connectivity index (χ3n) is 7.47. The molecule has 0 aliphatic heterocycles. The van der Waals surface area contributed by atoms with Crippen molar-refractivity contribution in [2.75, 3.05) is 5.32 Å². The van der Waals surface area contributed by atoms with Crippen LogP contribution in [0.25, 0.3) is 33.5 Å². The molecular formula is C37H36N2O2. The minimum Gasteiger partial charge on any atom is -0.322 e. The molecule has 5 rings (SSSR count). The number of rotatable bonds is 9. The van der Waals surface area contributed by atoms with Crippen LogP contribution in [0.2, 0.25) is 0 Å². The van der Waals surface area contributed by atoms with Gasteiger partial charge in [-0.3, -0.25) is 9.59 Å². The summed E-state index contributed by atoms with van der Waals surface area (Å²) >= 11 is 0. The van der Waals surface area contributed by atoms with Gasteiger partial charge in [-0.25, -0.2) is 0 Å². The molecule has 5 aromatic rings. The van der Waals surface area contributed by atoms with Crippen molar-refractivity contribution in [3.8, 4) is 33.5 Å². The van der Waals surface area contributed by atoms with Crippen LogP contribution < -0.4 is 10.9 Å². The molecule has 0 bridgehead atoms. The number of hydrogen-bond donors (Lipinski definition) is 2. The predicted octanol–water partition coefficient (Wildman–Crippen LogP) is 8.98. The van der Waals surface area contributed by atoms with Crippen LogP contribution in [-0.2, 0) is 6.42 Å². The molecule has 4 heteroatoms. The maximum atomic E-state index is 13.9. The lowest BCUT2D eigenvalue weighted by atomic mass is 9.87. The van der Waals surface area contributed by atoms with Crippen LogP contribution in [0.1, 0.15) is 53.2 Å². The topological polar surface area (TPSA) is 62.0 Å². The Morgan fingerprint density at radius 1 is 0.683 bits per heavy atom. The third kappa shape index (κ3) is 6.38. The molecule has 0 fully saturated rings. The van der Waals surface area contributed by atoms with Gasteiger partial charge in [-0.1, -0.05) is 122 Å². The Labute approximate surface area is 242 Å². The van der Waals surface area contributed by atoms with Crippen molar-refractivity contribution in [3.63, 3.8) is 0 Å². The van der Waals surface area contributed by atoms with Gasteiger partial charge in [0.2, 0.25) is 0 Å². The van der Waals surface area contributed by atoms with E-state index in [1.807, 2.05) is 92.7 Å². The lowest BCUT2D eigenvalue weighted by Gasteiger charge is -2.20. The van der Waals surface area contributed by atoms with Crippen molar-refractivity contribution in [2.24, 2.45) is 0 Å². The summed E-state index contributed by atoms with van der Waals surface area (Å²) in [6, 6.07) is 34.0. The number of carbonyl (C=O) groups is 1. The summed E-state index contributed by atoms with van der Waals surface area (Å²) in [5.41, 5.74) is 8.55. The maximum Gasteiger partial charge on any atom is 0.261 e. The van der Waals surface area contributed by atoms with Crippen molar-refractivity contribution in [1.29, 1.82) is 0 Å². The van der Waals surface area contributed by atoms with E-state index in [9.17, 15) is 9.59 Å². The Bertz CT molecular complexity index is 1680. The first-order valence-corrected chi connectivity index (χ1v) is 14.3. The van der Waals surface area contributed by atoms with Crippen molar-refractivity contribution < 1.29 is 4.79 Å². The zero-order chi connectivity index (χ0) is 28.8. The monoisotopic (exact) mass is 540 g/mol. The van der Waals surface area contributed by atoms with E-state index in [0.717, 1.165) is 46.2 Å². The average molecular weight is 541 g/mol. The number of aromatic nitrogens is 1. The second-order valence-electron chi connectivity index (χ2n) is 10.7. The Morgan fingerprint density at radius 3 is 1.90 bits per heavy atom. The van der Waals surface area contributed by atoms with Crippen molar-refractivity contribution >= 4 is 11.6 Å². The summed E-state index contributed by atoms with van der Waals surface area (Å²) in [7, 11) is 0. The van der Waals surface area contributed by atoms with Crippen molar-refractivity contribution in [1.82, 2.24) is 4.98 Å². The first-order valence-electron chi connectivity index (χ1n) is 14.3. The molecule has 0 aliphatic rings. The number of amides is 1. The number of H-pyrrole nitrogens is 1. The van der Waals surface area contributed by atoms with Gasteiger partial charge in [-0.05, 0) is 61.1 Å². The largest absolute Gasteiger partial charge is 0.322 e. The predicted molar refractivity (Wildman–Crippen MR) is 170 cm³/mol. The highest BCUT2D eigenvalue weighted by atomic mass is 16.2. The Hall–Kier alpha value is -4.70. The molecule has 2 N–H and O–H groups in total. The highest BCUT2D eigenvalue weighted by Gasteiger charge is 2.25. The van der Waals surface area contributed by atoms with Crippen LogP contribution in [0.15, 0.2) is 108 Å². The van der Waals surface area contributed by atoms with Gasteiger partial charge >= 0.3 is 0 Å². The fourth-order valence-corrected chi connectivity index (χ4v) is 5.19. The smallest absolute Gasteiger partial charge is 0.261 e. The number of hydrogen-bond acceptors (Lipinski definition) is 2. The minimum absolute atomic E-state index is 0.0909. The minimum atomic E-state index is -0.444. The zero-order valence-corrected chi connectivity index (χ0v) is 24.0. The molecule has 1 amide bonds. The van der Waals surface area contributed by atoms with Gasteiger partial charge in [0.05, 0.1) is 5.69 Å². The Kier molecular flexibility index (Phi) is 8.59. The van der Waals surface area contributed by atoms with Gasteiger partial charge in [-0.15, -0.1) is 0 Å². The lowest BCUT2D eigenvalue weighted by Crippen LogP contribution is -2.26. The molecule has 1 heterocycles. The van der Waals surface area contributed by atoms with E-state index in [4.69, 9.17) is 0 Å². The standard InChI is InChI=1S/C37H36N2O2/c1-4-5-7-10-27-17-21-30(22-18-27)35-33(28-11-8-6-9-12-28)32(29-19-13-25(2)14-20-29)34(37(41)39-35)36(40)38-31-23-15-26(3)16-24-31/h6,8-9,11-24H,4-5,7,10H2,1-3H3,(H,38,40)(H,39,41). The molecule has 41 heavy (non-hydrogen) atoms. The van der Waals surface area contributed by atoms with Crippen molar-refractivity contribution in [2.45, 2.75) is 46.5 Å². The SMILES string of the molecule is CCCCCc1ccc(-c2[nH]c(=O)c(C(=O)Nc3ccc(C)cc3)c(-c3ccc(C)cc3)c2-c2ccccc2)cc1. The van der Waals surface area contributed by atoms with Gasteiger partial charge in [0.1, 0.15) is 5.56 Å². The van der Waals surface area contributed by atoms with E-state index < -0.39 is 11.5 Å². The van der Waals surface area contributed by atoms with Crippen LogP contribution in [0.4, 0.5) is 5.69 Å². The van der Waals surface area contributed by atoms with Gasteiger partial charge in [0, 0.05) is 16.8 Å². The first kappa shape index (κ1) is 27.9. The van der Waals surface area contributed by atoms with Gasteiger partial charge < -0.3 is 10.3 Å². The van der Waals surface area contributed by atoms with Crippen LogP contribution in [0.5, 0.6) is 0 Å². The fourth-order valence-electron chi connectivity index (χ4n) is 5.19. The van der Waals surface area contributed by atoms with Crippen molar-refractivity contribution in [3.05, 3.63) is 136 Å². The summed E-state index contributed by atoms with van der Waals surface area (Å²) in [6.45, 7) is 6.23. The summed E-state index contributed by atoms with van der Waals surface area (Å²) < 4.78 is 0. The molecule has 0 aliphatic carbocycles. The summed E-state index contributed by atoms with van der Waals surface area (Å²) in [6.07, 6.45) is 4.58. The number of aryl methyl sites for hydroxylation is 3. The van der Waals surface area contributed by atoms with Gasteiger partial charge in [0.15, 0.2) is 0 Å². The molecule has 4 aromatic carbocycles. The average Bonchev–Trinajstić information content (AvgIpc) is 2.99. The number of aromatic amines is 1. The van der Waals surface area contributed by atoms with E-state index in [1.165, 1.54) is 18.4 Å². The van der Waals surface area contributed by atoms with E-state index >= 15 is 0 Å². The lowest BCUT2D eigenvalue weighted by molar-refractivity contribution is 0.102. The van der Waals surface area contributed by atoms with Crippen LogP contribution in [-0.4, -0.2) is 10.9 Å². The molecule has 206 valence electrons. The molecule has 0 atom stereocenters. The molecule has 0 saturated heterocycles. The van der Waals surface area contributed by atoms with Crippen LogP contribution in [0, 0.1) is 13.8 Å². The van der Waals surface area contributed by atoms with Gasteiger partial charge in [-0.2, -0.15) is 0 Å². The molecule has 4 nitrogen and oxygen atoms in total. The van der Waals surface area contributed by atoms with E-state index in [0.29, 0.717) is 16.9 Å². The summed E-state index contributed by atoms with van der Waals surface area (Å²) in [5.74, 6) is -0.444. The summed E-state index contributed by atoms with van der Waals surface area (Å²) in [5, 5.41) is 2.96. The number of carbonyl (C=O) groups excluding carboxylic acids is 1. The second-order valence-corrected chi connectivity index (χ2v) is 10.7. The van der Waals surface area contributed by atoms with E-state index in [-0.39, 0.29) is 5.56 Å². The maximum absolute atomic E-state index is 13.9. The quantitative estimate of drug-likeness (QED) is 0.183. The number of benzene rings is 4. The fraction of sp³-hybridized carbons (Fsp3) is 0.189. The molecule has 0 unspecified atom stereocenters. The number of pyridine rings is 1. The molecule has 0 spiro atoms. The third-order valence-corrected chi connectivity index (χ3v) is 7.47. The Morgan fingerprint density at radius 2 is 1.27 bits per heavy atom. The zero-order valence-electron chi connectivity index (χ0n) is 24.0. The van der Waals surface area contributed by atoms with E-state index in [1.54, 1.807) is 0 Å². The Balaban J connectivity index is 1.73. The normalized spacial score (nSPS) is 10.9. The van der Waals surface area contributed by atoms with E-state index in [2.05, 4.69) is 41.5 Å². The van der Waals surface area contributed by atoms with Crippen LogP contribution in [0.3, 0.4) is 0 Å². The number of anilines is 1. The number of unbranched alkanes of at least 4 members (excludes halogenated alkanes) is 2. The molecule has 1 aromatic heterocycles. The molecular weight excluding hydrogens is 504 g/mol. The number of nitrogens with one attached hydrogen (secondary N) is 2. The highest BCUT2D eigenvalue weighted by molar-refractivity contribution is 6.12. The van der Waals surface area contributed by atoms with Crippen LogP contribution >= 0.6 is 0 Å². The van der Waals surface area contributed by atoms with Gasteiger partial charge in [0.25, 0.3) is 11.5 Å². The summed E-state index contributed by atoms with van der Waals surface area (Å²) in [4.78, 5) is 30.8. The second kappa shape index (κ2) is 12.6. The first-order chi connectivity index (χ1) is 19.9. The molecule has 0 saturated carbocycles. The molecule has 0 radical (unpaired) electrons.